The van der Waals surface area contributed by atoms with Gasteiger partial charge in [-0.2, -0.15) is 0 Å². The summed E-state index contributed by atoms with van der Waals surface area (Å²) >= 11 is 0. The maximum Gasteiger partial charge on any atom is 0.191 e. The van der Waals surface area contributed by atoms with E-state index in [1.165, 1.54) is 44.9 Å². The van der Waals surface area contributed by atoms with E-state index in [2.05, 4.69) is 29.4 Å². The Labute approximate surface area is 171 Å². The lowest BCUT2D eigenvalue weighted by Crippen LogP contribution is -2.49. The van der Waals surface area contributed by atoms with Crippen LogP contribution in [0.4, 0.5) is 0 Å². The molecule has 1 aliphatic carbocycles. The van der Waals surface area contributed by atoms with Crippen molar-refractivity contribution in [3.8, 4) is 0 Å². The van der Waals surface area contributed by atoms with Gasteiger partial charge in [0.2, 0.25) is 0 Å². The molecule has 2 N–H and O–H groups in total. The predicted octanol–water partition coefficient (Wildman–Crippen LogP) is 3.24. The van der Waals surface area contributed by atoms with Gasteiger partial charge in [-0.05, 0) is 44.4 Å². The van der Waals surface area contributed by atoms with Crippen molar-refractivity contribution in [2.45, 2.75) is 64.8 Å². The van der Waals surface area contributed by atoms with Crippen LogP contribution >= 0.6 is 24.0 Å². The molecule has 6 heteroatoms. The molecule has 1 heterocycles. The fraction of sp³-hybridized carbons (Fsp3) is 0.947. The molecule has 0 amide bonds. The maximum atomic E-state index is 5.18. The summed E-state index contributed by atoms with van der Waals surface area (Å²) in [6.07, 6.45) is 9.10. The zero-order valence-corrected chi connectivity index (χ0v) is 18.8. The highest BCUT2D eigenvalue weighted by Crippen LogP contribution is 2.41. The second-order valence-electron chi connectivity index (χ2n) is 7.51. The first-order chi connectivity index (χ1) is 11.7. The van der Waals surface area contributed by atoms with Crippen LogP contribution in [-0.4, -0.2) is 63.3 Å². The Bertz CT molecular complexity index is 378. The summed E-state index contributed by atoms with van der Waals surface area (Å²) in [4.78, 5) is 7.46. The third-order valence-corrected chi connectivity index (χ3v) is 5.87. The maximum absolute atomic E-state index is 5.18. The van der Waals surface area contributed by atoms with E-state index in [0.717, 1.165) is 45.3 Å². The molecule has 0 bridgehead atoms. The van der Waals surface area contributed by atoms with Crippen LogP contribution in [0.15, 0.2) is 4.99 Å². The second kappa shape index (κ2) is 12.3. The van der Waals surface area contributed by atoms with E-state index in [0.29, 0.717) is 11.5 Å². The quantitative estimate of drug-likeness (QED) is 0.328. The van der Waals surface area contributed by atoms with Gasteiger partial charge in [0.1, 0.15) is 0 Å². The first-order valence-corrected chi connectivity index (χ1v) is 9.97. The minimum atomic E-state index is 0. The Balaban J connectivity index is 0.00000312. The van der Waals surface area contributed by atoms with Crippen molar-refractivity contribution in [2.24, 2.45) is 10.4 Å². The van der Waals surface area contributed by atoms with Gasteiger partial charge in [0.05, 0.1) is 6.61 Å². The van der Waals surface area contributed by atoms with Crippen molar-refractivity contribution < 1.29 is 4.74 Å². The number of piperidine rings is 1. The van der Waals surface area contributed by atoms with E-state index < -0.39 is 0 Å². The van der Waals surface area contributed by atoms with Crippen molar-refractivity contribution in [3.05, 3.63) is 0 Å². The number of likely N-dealkylation sites (tertiary alicyclic amines) is 1. The third-order valence-electron chi connectivity index (χ3n) is 5.87. The molecule has 0 atom stereocenters. The molecule has 0 spiro atoms. The Morgan fingerprint density at radius 3 is 2.44 bits per heavy atom. The van der Waals surface area contributed by atoms with Crippen molar-refractivity contribution in [3.63, 3.8) is 0 Å². The summed E-state index contributed by atoms with van der Waals surface area (Å²) in [7, 11) is 1.78. The zero-order chi connectivity index (χ0) is 17.3. The molecule has 25 heavy (non-hydrogen) atoms. The van der Waals surface area contributed by atoms with Gasteiger partial charge in [-0.3, -0.25) is 4.99 Å². The van der Waals surface area contributed by atoms with Gasteiger partial charge in [-0.15, -0.1) is 24.0 Å². The van der Waals surface area contributed by atoms with Gasteiger partial charge in [-0.1, -0.05) is 19.8 Å². The summed E-state index contributed by atoms with van der Waals surface area (Å²) in [5.41, 5.74) is 0.464. The molecule has 148 valence electrons. The van der Waals surface area contributed by atoms with Gasteiger partial charge < -0.3 is 20.3 Å². The first kappa shape index (κ1) is 23.0. The SMILES string of the molecule is CCNC(=NCC1(CC)CCCC1)NC1CCN(CCOC)CC1.I. The molecular formula is C19H39IN4O. The Kier molecular flexibility index (Phi) is 11.3. The van der Waals surface area contributed by atoms with Crippen LogP contribution in [0.25, 0.3) is 0 Å². The van der Waals surface area contributed by atoms with Crippen LogP contribution in [0.1, 0.15) is 58.8 Å². The lowest BCUT2D eigenvalue weighted by atomic mass is 9.84. The molecule has 0 unspecified atom stereocenters. The minimum Gasteiger partial charge on any atom is -0.383 e. The fourth-order valence-corrected chi connectivity index (χ4v) is 4.03. The van der Waals surface area contributed by atoms with Gasteiger partial charge in [-0.25, -0.2) is 0 Å². The highest BCUT2D eigenvalue weighted by Gasteiger charge is 2.31. The first-order valence-electron chi connectivity index (χ1n) is 9.97. The average Bonchev–Trinajstić information content (AvgIpc) is 3.09. The fourth-order valence-electron chi connectivity index (χ4n) is 4.03. The van der Waals surface area contributed by atoms with Gasteiger partial charge in [0.25, 0.3) is 0 Å². The number of guanidine groups is 1. The lowest BCUT2D eigenvalue weighted by molar-refractivity contribution is 0.128. The number of hydrogen-bond acceptors (Lipinski definition) is 3. The topological polar surface area (TPSA) is 48.9 Å². The summed E-state index contributed by atoms with van der Waals surface area (Å²) in [5, 5.41) is 7.13. The molecule has 5 nitrogen and oxygen atoms in total. The summed E-state index contributed by atoms with van der Waals surface area (Å²) in [6, 6.07) is 0.544. The van der Waals surface area contributed by atoms with Crippen molar-refractivity contribution in [1.29, 1.82) is 0 Å². The van der Waals surface area contributed by atoms with Crippen LogP contribution in [-0.2, 0) is 4.74 Å². The molecule has 0 aromatic heterocycles. The molecule has 2 rings (SSSR count). The zero-order valence-electron chi connectivity index (χ0n) is 16.5. The summed E-state index contributed by atoms with van der Waals surface area (Å²) in [5.74, 6) is 1.02. The number of rotatable bonds is 8. The normalized spacial score (nSPS) is 21.8. The van der Waals surface area contributed by atoms with E-state index in [1.807, 2.05) is 0 Å². The van der Waals surface area contributed by atoms with Gasteiger partial charge in [0, 0.05) is 45.9 Å². The van der Waals surface area contributed by atoms with Crippen LogP contribution in [0.3, 0.4) is 0 Å². The number of aliphatic imine (C=N–C) groups is 1. The highest BCUT2D eigenvalue weighted by atomic mass is 127. The summed E-state index contributed by atoms with van der Waals surface area (Å²) in [6.45, 7) is 10.6. The van der Waals surface area contributed by atoms with Crippen molar-refractivity contribution in [2.75, 3.05) is 46.4 Å². The van der Waals surface area contributed by atoms with E-state index in [4.69, 9.17) is 9.73 Å². The number of hydrogen-bond donors (Lipinski definition) is 2. The van der Waals surface area contributed by atoms with Crippen LogP contribution < -0.4 is 10.6 Å². The predicted molar refractivity (Wildman–Crippen MR) is 117 cm³/mol. The van der Waals surface area contributed by atoms with Gasteiger partial charge in [0.15, 0.2) is 5.96 Å². The molecule has 1 saturated heterocycles. The van der Waals surface area contributed by atoms with Crippen molar-refractivity contribution in [1.82, 2.24) is 15.5 Å². The van der Waals surface area contributed by atoms with Crippen LogP contribution in [0.5, 0.6) is 0 Å². The number of halogens is 1. The molecular weight excluding hydrogens is 427 g/mol. The molecule has 0 aromatic rings. The smallest absolute Gasteiger partial charge is 0.191 e. The number of methoxy groups -OCH3 is 1. The molecule has 0 radical (unpaired) electrons. The van der Waals surface area contributed by atoms with Crippen molar-refractivity contribution >= 4 is 29.9 Å². The molecule has 0 aromatic carbocycles. The largest absolute Gasteiger partial charge is 0.383 e. The highest BCUT2D eigenvalue weighted by molar-refractivity contribution is 14.0. The Hall–Kier alpha value is -0.0800. The Morgan fingerprint density at radius 1 is 1.20 bits per heavy atom. The average molecular weight is 466 g/mol. The minimum absolute atomic E-state index is 0. The second-order valence-corrected chi connectivity index (χ2v) is 7.51. The van der Waals surface area contributed by atoms with Gasteiger partial charge >= 0.3 is 0 Å². The standard InChI is InChI=1S/C19H38N4O.HI/c1-4-19(10-6-7-11-19)16-21-18(20-5-2)22-17-8-12-23(13-9-17)14-15-24-3;/h17H,4-16H2,1-3H3,(H2,20,21,22);1H. The summed E-state index contributed by atoms with van der Waals surface area (Å²) < 4.78 is 5.18. The molecule has 1 saturated carbocycles. The van der Waals surface area contributed by atoms with E-state index in [1.54, 1.807) is 7.11 Å². The molecule has 1 aliphatic heterocycles. The van der Waals surface area contributed by atoms with E-state index in [9.17, 15) is 0 Å². The van der Waals surface area contributed by atoms with Crippen LogP contribution in [0.2, 0.25) is 0 Å². The third kappa shape index (κ3) is 7.59. The number of nitrogens with zero attached hydrogens (tertiary/aromatic N) is 2. The number of ether oxygens (including phenoxy) is 1. The number of nitrogens with one attached hydrogen (secondary N) is 2. The molecule has 2 fully saturated rings. The lowest BCUT2D eigenvalue weighted by Gasteiger charge is -2.33. The van der Waals surface area contributed by atoms with Crippen LogP contribution in [0, 0.1) is 5.41 Å². The monoisotopic (exact) mass is 466 g/mol. The molecule has 2 aliphatic rings. The Morgan fingerprint density at radius 2 is 1.88 bits per heavy atom. The van der Waals surface area contributed by atoms with E-state index >= 15 is 0 Å². The van der Waals surface area contributed by atoms with E-state index in [-0.39, 0.29) is 24.0 Å².